The Morgan fingerprint density at radius 1 is 0.457 bits per heavy atom. The van der Waals surface area contributed by atoms with Crippen LogP contribution in [0.1, 0.15) is 10.4 Å². The molecule has 0 amide bonds. The van der Waals surface area contributed by atoms with E-state index in [1.807, 2.05) is 85.5 Å². The van der Waals surface area contributed by atoms with Crippen LogP contribution in [0.4, 0.5) is 22.7 Å². The largest absolute Gasteiger partial charge is 3.00 e. The van der Waals surface area contributed by atoms with Crippen molar-refractivity contribution >= 4 is 28.7 Å². The maximum absolute atomic E-state index is 13.1. The van der Waals surface area contributed by atoms with Crippen LogP contribution in [0.25, 0.3) is 44.5 Å². The van der Waals surface area contributed by atoms with Gasteiger partial charge in [0.15, 0.2) is 0 Å². The Bertz CT molecular complexity index is 1790. The molecule has 0 saturated heterocycles. The van der Waals surface area contributed by atoms with Gasteiger partial charge in [-0.05, 0) is 59.7 Å². The molecule has 0 saturated carbocycles. The molecule has 230 valence electrons. The van der Waals surface area contributed by atoms with Crippen LogP contribution < -0.4 is 19.6 Å². The zero-order valence-corrected chi connectivity index (χ0v) is 30.8. The first-order valence-corrected chi connectivity index (χ1v) is 14.9. The minimum Gasteiger partial charge on any atom is -0.512 e. The Labute approximate surface area is 298 Å². The Kier molecular flexibility index (Phi) is 11.0. The van der Waals surface area contributed by atoms with Crippen LogP contribution in [0.5, 0.6) is 0 Å². The molecular formula is C39H41N4O2Y+2. The van der Waals surface area contributed by atoms with Crippen LogP contribution in [0, 0.1) is 6.07 Å². The fourth-order valence-electron chi connectivity index (χ4n) is 5.57. The SMILES string of the molecule is CN(C)c1ccc(-c2[c-]c(C(=O)O)c(-c3ccc(N(C)C)cc3)c(-c3ccc(N(C)C)cc3)c2-c2ccc(N(C)C)cc2)cc1.[Y+3]. The summed E-state index contributed by atoms with van der Waals surface area (Å²) in [6.45, 7) is 0. The summed E-state index contributed by atoms with van der Waals surface area (Å²) in [5, 5.41) is 10.7. The number of hydrogen-bond acceptors (Lipinski definition) is 5. The van der Waals surface area contributed by atoms with E-state index in [0.29, 0.717) is 5.56 Å². The van der Waals surface area contributed by atoms with E-state index in [4.69, 9.17) is 0 Å². The number of carbonyl (C=O) groups is 1. The van der Waals surface area contributed by atoms with Crippen molar-refractivity contribution in [1.29, 1.82) is 0 Å². The van der Waals surface area contributed by atoms with Crippen molar-refractivity contribution in [1.82, 2.24) is 0 Å². The van der Waals surface area contributed by atoms with Crippen molar-refractivity contribution in [2.75, 3.05) is 76.0 Å². The molecule has 0 radical (unpaired) electrons. The molecule has 5 rings (SSSR count). The van der Waals surface area contributed by atoms with Crippen LogP contribution in [0.2, 0.25) is 0 Å². The molecule has 46 heavy (non-hydrogen) atoms. The molecule has 1 N–H and O–H groups in total. The molecule has 0 fully saturated rings. The second-order valence-electron chi connectivity index (χ2n) is 12.1. The average Bonchev–Trinajstić information content (AvgIpc) is 3.04. The summed E-state index contributed by atoms with van der Waals surface area (Å²) in [5.41, 5.74) is 11.2. The van der Waals surface area contributed by atoms with E-state index in [1.165, 1.54) is 0 Å². The second-order valence-corrected chi connectivity index (χ2v) is 12.1. The van der Waals surface area contributed by atoms with Gasteiger partial charge in [-0.15, -0.1) is 11.6 Å². The minimum absolute atomic E-state index is 0. The molecular weight excluding hydrogens is 645 g/mol. The molecule has 0 unspecified atom stereocenters. The van der Waals surface area contributed by atoms with Crippen molar-refractivity contribution in [3.05, 3.63) is 109 Å². The molecule has 7 heteroatoms. The Hall–Kier alpha value is -4.13. The summed E-state index contributed by atoms with van der Waals surface area (Å²) < 4.78 is 0. The fourth-order valence-corrected chi connectivity index (χ4v) is 5.57. The summed E-state index contributed by atoms with van der Waals surface area (Å²) in [7, 11) is 16.1. The van der Waals surface area contributed by atoms with Gasteiger partial charge in [0.1, 0.15) is 0 Å². The normalized spacial score (nSPS) is 10.6. The first-order valence-electron chi connectivity index (χ1n) is 14.9. The maximum atomic E-state index is 13.1. The van der Waals surface area contributed by atoms with Crippen molar-refractivity contribution in [2.45, 2.75) is 0 Å². The number of nitrogens with zero attached hydrogens (tertiary/aromatic N) is 4. The minimum atomic E-state index is -1.02. The number of rotatable bonds is 9. The molecule has 0 spiro atoms. The average molecular weight is 687 g/mol. The van der Waals surface area contributed by atoms with Crippen molar-refractivity contribution in [3.8, 4) is 44.5 Å². The Morgan fingerprint density at radius 3 is 1.04 bits per heavy atom. The van der Waals surface area contributed by atoms with E-state index in [2.05, 4.69) is 93.6 Å². The van der Waals surface area contributed by atoms with Crippen LogP contribution >= 0.6 is 0 Å². The molecule has 0 bridgehead atoms. The number of aromatic carboxylic acids is 1. The smallest absolute Gasteiger partial charge is 0.512 e. The topological polar surface area (TPSA) is 50.3 Å². The third kappa shape index (κ3) is 7.14. The summed E-state index contributed by atoms with van der Waals surface area (Å²) in [6, 6.07) is 36.5. The Morgan fingerprint density at radius 2 is 0.739 bits per heavy atom. The number of carboxylic acids is 1. The molecule has 0 aliphatic heterocycles. The number of anilines is 4. The molecule has 5 aromatic rings. The Balaban J connectivity index is 0.00000480. The van der Waals surface area contributed by atoms with E-state index in [1.54, 1.807) is 0 Å². The van der Waals surface area contributed by atoms with Crippen molar-refractivity contribution in [3.63, 3.8) is 0 Å². The monoisotopic (exact) mass is 686 g/mol. The summed E-state index contributed by atoms with van der Waals surface area (Å²) in [6.07, 6.45) is 0. The molecule has 6 nitrogen and oxygen atoms in total. The molecule has 0 aliphatic rings. The van der Waals surface area contributed by atoms with Gasteiger partial charge in [0.05, 0.1) is 0 Å². The second kappa shape index (κ2) is 14.5. The molecule has 0 atom stereocenters. The summed E-state index contributed by atoms with van der Waals surface area (Å²) in [5.74, 6) is -1.02. The van der Waals surface area contributed by atoms with E-state index in [-0.39, 0.29) is 38.3 Å². The van der Waals surface area contributed by atoms with Gasteiger partial charge in [0.25, 0.3) is 5.97 Å². The zero-order chi connectivity index (χ0) is 32.4. The number of hydrogen-bond donors (Lipinski definition) is 1. The van der Waals surface area contributed by atoms with E-state index in [0.717, 1.165) is 61.7 Å². The van der Waals surface area contributed by atoms with E-state index in [9.17, 15) is 9.90 Å². The quantitative estimate of drug-likeness (QED) is 0.158. The van der Waals surface area contributed by atoms with Crippen LogP contribution in [0.15, 0.2) is 97.1 Å². The first-order chi connectivity index (χ1) is 21.5. The predicted molar refractivity (Wildman–Crippen MR) is 191 cm³/mol. The van der Waals surface area contributed by atoms with Crippen LogP contribution in [-0.2, 0) is 32.7 Å². The first kappa shape index (κ1) is 34.7. The fraction of sp³-hybridized carbons (Fsp3) is 0.205. The van der Waals surface area contributed by atoms with E-state index >= 15 is 0 Å². The van der Waals surface area contributed by atoms with Crippen molar-refractivity contribution in [2.24, 2.45) is 0 Å². The van der Waals surface area contributed by atoms with Crippen LogP contribution in [0.3, 0.4) is 0 Å². The van der Waals surface area contributed by atoms with Gasteiger partial charge in [-0.2, -0.15) is 0 Å². The van der Waals surface area contributed by atoms with Gasteiger partial charge in [0, 0.05) is 79.1 Å². The molecule has 5 aromatic carbocycles. The maximum Gasteiger partial charge on any atom is 3.00 e. The van der Waals surface area contributed by atoms with Gasteiger partial charge in [-0.3, -0.25) is 4.79 Å². The molecule has 0 aliphatic carbocycles. The predicted octanol–water partition coefficient (Wildman–Crippen LogP) is 8.11. The molecule has 0 heterocycles. The van der Waals surface area contributed by atoms with Crippen LogP contribution in [-0.4, -0.2) is 67.5 Å². The number of benzene rings is 5. The van der Waals surface area contributed by atoms with Gasteiger partial charge < -0.3 is 24.7 Å². The van der Waals surface area contributed by atoms with Crippen molar-refractivity contribution < 1.29 is 42.6 Å². The van der Waals surface area contributed by atoms with Gasteiger partial charge in [-0.1, -0.05) is 81.9 Å². The van der Waals surface area contributed by atoms with E-state index < -0.39 is 5.97 Å². The van der Waals surface area contributed by atoms with Gasteiger partial charge >= 0.3 is 32.7 Å². The van der Waals surface area contributed by atoms with Gasteiger partial charge in [0.2, 0.25) is 0 Å². The van der Waals surface area contributed by atoms with Gasteiger partial charge in [-0.25, -0.2) is 0 Å². The third-order valence-electron chi connectivity index (χ3n) is 8.15. The molecule has 0 aromatic heterocycles. The summed E-state index contributed by atoms with van der Waals surface area (Å²) >= 11 is 0. The third-order valence-corrected chi connectivity index (χ3v) is 8.15. The zero-order valence-electron chi connectivity index (χ0n) is 28.0. The standard InChI is InChI=1S/C39H41N4O2.Y/c1-40(2)30-17-9-26(10-18-30)34-25-35(39(44)45)37(28-13-21-32(22-14-28)42(5)6)38(29-15-23-33(24-16-29)43(7)8)36(34)27-11-19-31(20-12-27)41(3)4;/h9-24H,1-8H3,(H,44,45);/q-1;+3. The summed E-state index contributed by atoms with van der Waals surface area (Å²) in [4.78, 5) is 21.4. The number of carboxylic acid groups (broad SMARTS) is 1.